The van der Waals surface area contributed by atoms with Crippen molar-refractivity contribution in [2.75, 3.05) is 0 Å². The fourth-order valence-electron chi connectivity index (χ4n) is 1.97. The summed E-state index contributed by atoms with van der Waals surface area (Å²) in [5.41, 5.74) is 0.330. The molecule has 3 rings (SSSR count). The second kappa shape index (κ2) is 6.49. The number of nitro groups is 1. The van der Waals surface area contributed by atoms with E-state index in [-0.39, 0.29) is 11.6 Å². The minimum absolute atomic E-state index is 0.0469. The molecule has 1 aliphatic heterocycles. The van der Waals surface area contributed by atoms with Crippen LogP contribution in [0.4, 0.5) is 5.69 Å². The predicted octanol–water partition coefficient (Wildman–Crippen LogP) is 2.95. The maximum absolute atomic E-state index is 12.0. The molecule has 23 heavy (non-hydrogen) atoms. The van der Waals surface area contributed by atoms with Gasteiger partial charge in [-0.15, -0.1) is 0 Å². The highest BCUT2D eigenvalue weighted by atomic mass is 32.2. The van der Waals surface area contributed by atoms with Gasteiger partial charge >= 0.3 is 0 Å². The number of aliphatic imine (C=N–C) groups is 1. The van der Waals surface area contributed by atoms with Crippen molar-refractivity contribution in [1.82, 2.24) is 5.32 Å². The number of furan rings is 1. The van der Waals surface area contributed by atoms with Crippen molar-refractivity contribution in [3.05, 3.63) is 69.0 Å². The van der Waals surface area contributed by atoms with Gasteiger partial charge in [-0.3, -0.25) is 19.9 Å². The molecule has 1 N–H and O–H groups in total. The Bertz CT molecular complexity index is 812. The number of benzene rings is 1. The normalized spacial score (nSPS) is 17.7. The van der Waals surface area contributed by atoms with Crippen LogP contribution in [0.1, 0.15) is 11.3 Å². The van der Waals surface area contributed by atoms with E-state index in [4.69, 9.17) is 4.42 Å². The van der Waals surface area contributed by atoms with Crippen molar-refractivity contribution in [2.45, 2.75) is 6.54 Å². The smallest absolute Gasteiger partial charge is 0.276 e. The molecule has 1 amide bonds. The van der Waals surface area contributed by atoms with Gasteiger partial charge in [0.1, 0.15) is 5.76 Å². The first kappa shape index (κ1) is 15.0. The molecule has 8 heteroatoms. The maximum Gasteiger partial charge on any atom is 0.276 e. The predicted molar refractivity (Wildman–Crippen MR) is 86.7 cm³/mol. The first-order chi connectivity index (χ1) is 11.1. The first-order valence-corrected chi connectivity index (χ1v) is 7.46. The lowest BCUT2D eigenvalue weighted by Crippen LogP contribution is -2.19. The molecule has 116 valence electrons. The van der Waals surface area contributed by atoms with E-state index < -0.39 is 4.92 Å². The SMILES string of the molecule is O=C1NC(=NCc2ccco2)S/C1=C\c1ccccc1[N+](=O)[O-]. The minimum Gasteiger partial charge on any atom is -0.467 e. The number of carbonyl (C=O) groups excluding carboxylic acids is 1. The topological polar surface area (TPSA) is 97.7 Å². The van der Waals surface area contributed by atoms with Crippen molar-refractivity contribution in [1.29, 1.82) is 0 Å². The molecule has 2 aromatic rings. The molecule has 1 aliphatic rings. The third-order valence-corrected chi connectivity index (χ3v) is 3.98. The third-order valence-electron chi connectivity index (χ3n) is 3.03. The summed E-state index contributed by atoms with van der Waals surface area (Å²) in [4.78, 5) is 27.1. The molecule has 0 radical (unpaired) electrons. The minimum atomic E-state index is -0.476. The van der Waals surface area contributed by atoms with Crippen LogP contribution in [0.25, 0.3) is 6.08 Å². The van der Waals surface area contributed by atoms with Gasteiger partial charge in [0.05, 0.1) is 28.2 Å². The molecule has 1 fully saturated rings. The van der Waals surface area contributed by atoms with Crippen LogP contribution in [0.5, 0.6) is 0 Å². The standard InChI is InChI=1S/C15H11N3O4S/c19-14-13(8-10-4-1-2-6-12(10)18(20)21)23-15(17-14)16-9-11-5-3-7-22-11/h1-8H,9H2,(H,16,17,19)/b13-8-. The highest BCUT2D eigenvalue weighted by Gasteiger charge is 2.25. The molecule has 0 aliphatic carbocycles. The first-order valence-electron chi connectivity index (χ1n) is 6.64. The van der Waals surface area contributed by atoms with Crippen molar-refractivity contribution in [3.8, 4) is 0 Å². The summed E-state index contributed by atoms with van der Waals surface area (Å²) in [6, 6.07) is 9.80. The van der Waals surface area contributed by atoms with E-state index in [0.29, 0.717) is 27.9 Å². The molecule has 0 atom stereocenters. The average molecular weight is 329 g/mol. The number of amidine groups is 1. The van der Waals surface area contributed by atoms with Crippen molar-refractivity contribution in [2.24, 2.45) is 4.99 Å². The van der Waals surface area contributed by atoms with Gasteiger partial charge in [0.2, 0.25) is 0 Å². The zero-order chi connectivity index (χ0) is 16.2. The fraction of sp³-hybridized carbons (Fsp3) is 0.0667. The van der Waals surface area contributed by atoms with Crippen molar-refractivity contribution in [3.63, 3.8) is 0 Å². The summed E-state index contributed by atoms with van der Waals surface area (Å²) < 4.78 is 5.17. The monoisotopic (exact) mass is 329 g/mol. The lowest BCUT2D eigenvalue weighted by molar-refractivity contribution is -0.385. The summed E-state index contributed by atoms with van der Waals surface area (Å²) in [7, 11) is 0. The van der Waals surface area contributed by atoms with E-state index in [0.717, 1.165) is 11.8 Å². The van der Waals surface area contributed by atoms with Gasteiger partial charge in [0, 0.05) is 6.07 Å². The van der Waals surface area contributed by atoms with Crippen LogP contribution in [0.3, 0.4) is 0 Å². The highest BCUT2D eigenvalue weighted by molar-refractivity contribution is 8.18. The van der Waals surface area contributed by atoms with E-state index >= 15 is 0 Å². The molecule has 7 nitrogen and oxygen atoms in total. The number of nitro benzene ring substituents is 1. The zero-order valence-corrected chi connectivity index (χ0v) is 12.6. The quantitative estimate of drug-likeness (QED) is 0.528. The Morgan fingerprint density at radius 3 is 2.87 bits per heavy atom. The second-order valence-electron chi connectivity index (χ2n) is 4.58. The third kappa shape index (κ3) is 3.49. The summed E-state index contributed by atoms with van der Waals surface area (Å²) >= 11 is 1.14. The number of thioether (sulfide) groups is 1. The van der Waals surface area contributed by atoms with E-state index in [1.54, 1.807) is 36.6 Å². The second-order valence-corrected chi connectivity index (χ2v) is 5.61. The van der Waals surface area contributed by atoms with E-state index in [1.807, 2.05) is 0 Å². The molecule has 0 saturated carbocycles. The van der Waals surface area contributed by atoms with Gasteiger partial charge < -0.3 is 9.73 Å². The number of nitrogens with one attached hydrogen (secondary N) is 1. The number of nitrogens with zero attached hydrogens (tertiary/aromatic N) is 2. The fourth-order valence-corrected chi connectivity index (χ4v) is 2.78. The lowest BCUT2D eigenvalue weighted by Gasteiger charge is -1.97. The molecular weight excluding hydrogens is 318 g/mol. The van der Waals surface area contributed by atoms with Crippen molar-refractivity contribution >= 4 is 34.6 Å². The van der Waals surface area contributed by atoms with Gasteiger partial charge in [-0.2, -0.15) is 0 Å². The van der Waals surface area contributed by atoms with Gasteiger partial charge in [-0.25, -0.2) is 0 Å². The highest BCUT2D eigenvalue weighted by Crippen LogP contribution is 2.29. The number of hydrogen-bond acceptors (Lipinski definition) is 6. The molecule has 0 spiro atoms. The van der Waals surface area contributed by atoms with Crippen LogP contribution in [0, 0.1) is 10.1 Å². The lowest BCUT2D eigenvalue weighted by atomic mass is 10.1. The zero-order valence-electron chi connectivity index (χ0n) is 11.8. The molecule has 0 unspecified atom stereocenters. The number of rotatable bonds is 4. The van der Waals surface area contributed by atoms with Crippen LogP contribution in [0.15, 0.2) is 57.0 Å². The van der Waals surface area contributed by atoms with Gasteiger partial charge in [0.25, 0.3) is 11.6 Å². The van der Waals surface area contributed by atoms with Gasteiger partial charge in [-0.1, -0.05) is 12.1 Å². The Morgan fingerprint density at radius 2 is 2.13 bits per heavy atom. The summed E-state index contributed by atoms with van der Waals surface area (Å²) in [6.45, 7) is 0.314. The molecule has 2 heterocycles. The molecule has 0 bridgehead atoms. The Kier molecular flexibility index (Phi) is 4.24. The molecule has 1 aromatic carbocycles. The maximum atomic E-state index is 12.0. The summed E-state index contributed by atoms with van der Waals surface area (Å²) in [5, 5.41) is 14.1. The van der Waals surface area contributed by atoms with Crippen molar-refractivity contribution < 1.29 is 14.1 Å². The van der Waals surface area contributed by atoms with Crippen LogP contribution >= 0.6 is 11.8 Å². The van der Waals surface area contributed by atoms with E-state index in [2.05, 4.69) is 10.3 Å². The van der Waals surface area contributed by atoms with E-state index in [1.165, 1.54) is 12.1 Å². The Morgan fingerprint density at radius 1 is 1.30 bits per heavy atom. The number of hydrogen-bond donors (Lipinski definition) is 1. The van der Waals surface area contributed by atoms with Gasteiger partial charge in [-0.05, 0) is 36.0 Å². The Hall–Kier alpha value is -2.87. The molecule has 1 saturated heterocycles. The van der Waals surface area contributed by atoms with Crippen LogP contribution in [0.2, 0.25) is 0 Å². The Balaban J connectivity index is 1.80. The molecular formula is C15H11N3O4S. The number of amides is 1. The molecule has 1 aromatic heterocycles. The van der Waals surface area contributed by atoms with Crippen LogP contribution in [-0.2, 0) is 11.3 Å². The van der Waals surface area contributed by atoms with Crippen LogP contribution < -0.4 is 5.32 Å². The van der Waals surface area contributed by atoms with Gasteiger partial charge in [0.15, 0.2) is 5.17 Å². The average Bonchev–Trinajstić information content (AvgIpc) is 3.16. The summed E-state index contributed by atoms with van der Waals surface area (Å²) in [6.07, 6.45) is 3.04. The summed E-state index contributed by atoms with van der Waals surface area (Å²) in [5.74, 6) is 0.356. The largest absolute Gasteiger partial charge is 0.467 e. The van der Waals surface area contributed by atoms with E-state index in [9.17, 15) is 14.9 Å². The van der Waals surface area contributed by atoms with Crippen LogP contribution in [-0.4, -0.2) is 16.0 Å². The number of para-hydroxylation sites is 1. The Labute approximate surface area is 135 Å². The number of carbonyl (C=O) groups is 1.